The monoisotopic (exact) mass is 291 g/mol. The van der Waals surface area contributed by atoms with Crippen LogP contribution in [0.4, 0.5) is 5.69 Å². The second kappa shape index (κ2) is 5.13. The molecule has 0 aromatic heterocycles. The summed E-state index contributed by atoms with van der Waals surface area (Å²) in [4.78, 5) is 24.6. The summed E-state index contributed by atoms with van der Waals surface area (Å²) >= 11 is 4.30. The van der Waals surface area contributed by atoms with E-state index in [1.807, 2.05) is 12.1 Å². The fourth-order valence-corrected chi connectivity index (χ4v) is 4.04. The van der Waals surface area contributed by atoms with Crippen LogP contribution in [-0.2, 0) is 9.59 Å². The molecule has 0 unspecified atom stereocenters. The Hall–Kier alpha value is -1.49. The van der Waals surface area contributed by atoms with Crippen molar-refractivity contribution >= 4 is 30.2 Å². The van der Waals surface area contributed by atoms with Gasteiger partial charge in [0.25, 0.3) is 0 Å². The molecule has 0 radical (unpaired) electrons. The van der Waals surface area contributed by atoms with Gasteiger partial charge in [0.2, 0.25) is 5.91 Å². The number of hydrogen-bond acceptors (Lipinski definition) is 3. The van der Waals surface area contributed by atoms with Gasteiger partial charge in [0, 0.05) is 4.90 Å². The van der Waals surface area contributed by atoms with Crippen molar-refractivity contribution in [3.8, 4) is 0 Å². The first kappa shape index (κ1) is 13.5. The number of carbonyl (C=O) groups excluding carboxylic acids is 1. The van der Waals surface area contributed by atoms with Gasteiger partial charge in [-0.2, -0.15) is 0 Å². The Morgan fingerprint density at radius 2 is 1.80 bits per heavy atom. The first-order chi connectivity index (χ1) is 9.58. The quantitative estimate of drug-likeness (QED) is 0.750. The first-order valence-corrected chi connectivity index (χ1v) is 7.34. The molecule has 2 aliphatic carbocycles. The molecule has 1 aromatic rings. The van der Waals surface area contributed by atoms with Crippen molar-refractivity contribution in [1.29, 1.82) is 0 Å². The second-order valence-corrected chi connectivity index (χ2v) is 6.21. The predicted octanol–water partition coefficient (Wildman–Crippen LogP) is 2.66. The molecular weight excluding hydrogens is 274 g/mol. The van der Waals surface area contributed by atoms with Crippen molar-refractivity contribution in [2.45, 2.75) is 24.2 Å². The van der Waals surface area contributed by atoms with E-state index in [9.17, 15) is 14.7 Å². The topological polar surface area (TPSA) is 66.4 Å². The number of fused-ring (bicyclic) bond motifs is 2. The van der Waals surface area contributed by atoms with Crippen LogP contribution in [0.25, 0.3) is 0 Å². The third-order valence-electron chi connectivity index (χ3n) is 4.67. The van der Waals surface area contributed by atoms with E-state index in [2.05, 4.69) is 17.9 Å². The van der Waals surface area contributed by atoms with Gasteiger partial charge < -0.3 is 10.4 Å². The van der Waals surface area contributed by atoms with Crippen molar-refractivity contribution in [3.63, 3.8) is 0 Å². The molecule has 4 nitrogen and oxygen atoms in total. The molecular formula is C15H17NO3S. The van der Waals surface area contributed by atoms with Crippen molar-refractivity contribution in [3.05, 3.63) is 24.3 Å². The third-order valence-corrected chi connectivity index (χ3v) is 5.06. The van der Waals surface area contributed by atoms with Crippen LogP contribution in [0.15, 0.2) is 29.2 Å². The lowest BCUT2D eigenvalue weighted by Gasteiger charge is -2.27. The Balaban J connectivity index is 1.80. The molecule has 0 aliphatic heterocycles. The number of benzene rings is 1. The molecule has 0 spiro atoms. The van der Waals surface area contributed by atoms with Crippen molar-refractivity contribution in [2.75, 3.05) is 5.32 Å². The maximum Gasteiger partial charge on any atom is 0.307 e. The van der Waals surface area contributed by atoms with Crippen LogP contribution >= 0.6 is 12.6 Å². The highest BCUT2D eigenvalue weighted by Gasteiger charge is 2.53. The molecule has 2 fully saturated rings. The number of para-hydroxylation sites is 1. The number of anilines is 1. The van der Waals surface area contributed by atoms with Gasteiger partial charge in [-0.05, 0) is 43.2 Å². The van der Waals surface area contributed by atoms with Gasteiger partial charge in [0.1, 0.15) is 0 Å². The number of rotatable bonds is 3. The number of carboxylic acids is 1. The van der Waals surface area contributed by atoms with Crippen LogP contribution in [0, 0.1) is 23.7 Å². The van der Waals surface area contributed by atoms with Gasteiger partial charge in [0.05, 0.1) is 17.5 Å². The van der Waals surface area contributed by atoms with E-state index >= 15 is 0 Å². The van der Waals surface area contributed by atoms with Crippen LogP contribution in [-0.4, -0.2) is 17.0 Å². The zero-order valence-electron chi connectivity index (χ0n) is 11.0. The highest BCUT2D eigenvalue weighted by molar-refractivity contribution is 7.80. The van der Waals surface area contributed by atoms with Gasteiger partial charge in [-0.1, -0.05) is 12.1 Å². The fourth-order valence-electron chi connectivity index (χ4n) is 3.82. The minimum atomic E-state index is -0.837. The maximum absolute atomic E-state index is 12.5. The Labute approximate surface area is 123 Å². The normalized spacial score (nSPS) is 31.2. The van der Waals surface area contributed by atoms with Crippen molar-refractivity contribution < 1.29 is 14.7 Å². The Bertz CT molecular complexity index is 560. The summed E-state index contributed by atoms with van der Waals surface area (Å²) in [6, 6.07) is 7.25. The zero-order valence-corrected chi connectivity index (χ0v) is 11.8. The summed E-state index contributed by atoms with van der Waals surface area (Å²) in [5.41, 5.74) is 0.646. The Kier molecular flexibility index (Phi) is 3.46. The van der Waals surface area contributed by atoms with Crippen molar-refractivity contribution in [2.24, 2.45) is 23.7 Å². The lowest BCUT2D eigenvalue weighted by Crippen LogP contribution is -2.37. The summed E-state index contributed by atoms with van der Waals surface area (Å²) in [5, 5.41) is 12.2. The molecule has 5 heteroatoms. The molecule has 2 N–H and O–H groups in total. The molecule has 0 heterocycles. The van der Waals surface area contributed by atoms with Crippen LogP contribution in [0.2, 0.25) is 0 Å². The van der Waals surface area contributed by atoms with Gasteiger partial charge in [-0.3, -0.25) is 9.59 Å². The standard InChI is InChI=1S/C15H17NO3S/c17-14(16-10-3-1-2-4-11(10)20)12-8-5-6-9(7-8)13(12)15(18)19/h1-4,8-9,12-13,20H,5-7H2,(H,16,17)(H,18,19)/t8-,9-,12+,13+/m0/s1. The fraction of sp³-hybridized carbons (Fsp3) is 0.467. The largest absolute Gasteiger partial charge is 0.481 e. The molecule has 0 saturated heterocycles. The lowest BCUT2D eigenvalue weighted by molar-refractivity contribution is -0.148. The average Bonchev–Trinajstić information content (AvgIpc) is 3.01. The van der Waals surface area contributed by atoms with Gasteiger partial charge in [-0.25, -0.2) is 0 Å². The van der Waals surface area contributed by atoms with E-state index in [0.717, 1.165) is 19.3 Å². The summed E-state index contributed by atoms with van der Waals surface area (Å²) in [7, 11) is 0. The number of amides is 1. The number of thiol groups is 1. The van der Waals surface area contributed by atoms with E-state index in [0.29, 0.717) is 10.6 Å². The number of hydrogen-bond donors (Lipinski definition) is 3. The Morgan fingerprint density at radius 3 is 2.45 bits per heavy atom. The summed E-state index contributed by atoms with van der Waals surface area (Å²) in [6.45, 7) is 0. The number of carboxylic acid groups (broad SMARTS) is 1. The molecule has 3 rings (SSSR count). The minimum Gasteiger partial charge on any atom is -0.481 e. The van der Waals surface area contributed by atoms with E-state index in [1.54, 1.807) is 12.1 Å². The summed E-state index contributed by atoms with van der Waals surface area (Å²) < 4.78 is 0. The van der Waals surface area contributed by atoms with E-state index in [-0.39, 0.29) is 17.7 Å². The smallest absolute Gasteiger partial charge is 0.307 e. The molecule has 4 atom stereocenters. The minimum absolute atomic E-state index is 0.166. The second-order valence-electron chi connectivity index (χ2n) is 5.73. The molecule has 1 aromatic carbocycles. The Morgan fingerprint density at radius 1 is 1.15 bits per heavy atom. The molecule has 2 bridgehead atoms. The molecule has 1 amide bonds. The van der Waals surface area contributed by atoms with Crippen molar-refractivity contribution in [1.82, 2.24) is 0 Å². The SMILES string of the molecule is O=C(O)[C@@H]1[C@H]2CC[C@@H](C2)[C@H]1C(=O)Nc1ccccc1S. The van der Waals surface area contributed by atoms with E-state index in [4.69, 9.17) is 0 Å². The zero-order chi connectivity index (χ0) is 14.3. The highest BCUT2D eigenvalue weighted by Crippen LogP contribution is 2.52. The highest BCUT2D eigenvalue weighted by atomic mass is 32.1. The number of nitrogens with one attached hydrogen (secondary N) is 1. The number of carbonyl (C=O) groups is 2. The van der Waals surface area contributed by atoms with Gasteiger partial charge >= 0.3 is 5.97 Å². The predicted molar refractivity (Wildman–Crippen MR) is 77.8 cm³/mol. The number of aliphatic carboxylic acids is 1. The summed E-state index contributed by atoms with van der Waals surface area (Å²) in [5.74, 6) is -1.56. The first-order valence-electron chi connectivity index (χ1n) is 6.89. The molecule has 2 saturated carbocycles. The molecule has 20 heavy (non-hydrogen) atoms. The van der Waals surface area contributed by atoms with Gasteiger partial charge in [0.15, 0.2) is 0 Å². The van der Waals surface area contributed by atoms with Crippen LogP contribution in [0.5, 0.6) is 0 Å². The summed E-state index contributed by atoms with van der Waals surface area (Å²) in [6.07, 6.45) is 2.78. The molecule has 2 aliphatic rings. The molecule has 106 valence electrons. The third kappa shape index (κ3) is 2.20. The lowest BCUT2D eigenvalue weighted by atomic mass is 9.78. The maximum atomic E-state index is 12.5. The van der Waals surface area contributed by atoms with Crippen LogP contribution in [0.3, 0.4) is 0 Å². The van der Waals surface area contributed by atoms with Gasteiger partial charge in [-0.15, -0.1) is 12.6 Å². The van der Waals surface area contributed by atoms with Crippen LogP contribution in [0.1, 0.15) is 19.3 Å². The van der Waals surface area contributed by atoms with E-state index in [1.165, 1.54) is 0 Å². The van der Waals surface area contributed by atoms with E-state index < -0.39 is 17.8 Å². The average molecular weight is 291 g/mol. The van der Waals surface area contributed by atoms with Crippen LogP contribution < -0.4 is 5.32 Å².